The molecule has 3 heteroatoms. The van der Waals surface area contributed by atoms with Gasteiger partial charge in [0.05, 0.1) is 11.7 Å². The van der Waals surface area contributed by atoms with Gasteiger partial charge < -0.3 is 15.2 Å². The number of rotatable bonds is 5. The van der Waals surface area contributed by atoms with Gasteiger partial charge in [0, 0.05) is 25.7 Å². The van der Waals surface area contributed by atoms with E-state index in [2.05, 4.69) is 20.8 Å². The van der Waals surface area contributed by atoms with Crippen LogP contribution in [0.4, 0.5) is 0 Å². The topological polar surface area (TPSA) is 44.5 Å². The molecule has 1 rings (SSSR count). The summed E-state index contributed by atoms with van der Waals surface area (Å²) in [6, 6.07) is 0.247. The van der Waals surface area contributed by atoms with Crippen LogP contribution in [-0.2, 0) is 9.47 Å². The summed E-state index contributed by atoms with van der Waals surface area (Å²) in [5, 5.41) is 0. The molecule has 0 aromatic carbocycles. The molecule has 1 heterocycles. The van der Waals surface area contributed by atoms with Gasteiger partial charge in [0.25, 0.3) is 0 Å². The summed E-state index contributed by atoms with van der Waals surface area (Å²) in [5.74, 6) is 0.526. The highest BCUT2D eigenvalue weighted by Crippen LogP contribution is 2.27. The largest absolute Gasteiger partial charge is 0.379 e. The van der Waals surface area contributed by atoms with Crippen molar-refractivity contribution < 1.29 is 9.47 Å². The molecule has 0 bridgehead atoms. The molecule has 3 unspecified atom stereocenters. The van der Waals surface area contributed by atoms with Crippen molar-refractivity contribution in [1.29, 1.82) is 0 Å². The maximum atomic E-state index is 6.20. The van der Waals surface area contributed by atoms with Crippen LogP contribution < -0.4 is 5.73 Å². The third-order valence-corrected chi connectivity index (χ3v) is 3.62. The summed E-state index contributed by atoms with van der Waals surface area (Å²) in [6.07, 6.45) is 3.45. The molecular formula is C12H25NO2. The minimum atomic E-state index is -0.0552. The van der Waals surface area contributed by atoms with Gasteiger partial charge in [-0.25, -0.2) is 0 Å². The summed E-state index contributed by atoms with van der Waals surface area (Å²) in [6.45, 7) is 7.20. The molecule has 1 aliphatic heterocycles. The Labute approximate surface area is 93.3 Å². The summed E-state index contributed by atoms with van der Waals surface area (Å²) in [5.41, 5.74) is 6.14. The second-order valence-corrected chi connectivity index (χ2v) is 5.19. The van der Waals surface area contributed by atoms with E-state index in [4.69, 9.17) is 15.2 Å². The van der Waals surface area contributed by atoms with Gasteiger partial charge in [-0.1, -0.05) is 0 Å². The predicted octanol–water partition coefficient (Wildman–Crippen LogP) is 1.94. The first-order valence-electron chi connectivity index (χ1n) is 5.88. The summed E-state index contributed by atoms with van der Waals surface area (Å²) in [7, 11) is 1.76. The zero-order valence-electron chi connectivity index (χ0n) is 10.5. The van der Waals surface area contributed by atoms with Gasteiger partial charge in [0.1, 0.15) is 0 Å². The van der Waals surface area contributed by atoms with Crippen molar-refractivity contribution in [2.75, 3.05) is 13.7 Å². The van der Waals surface area contributed by atoms with E-state index < -0.39 is 0 Å². The maximum Gasteiger partial charge on any atom is 0.0623 e. The van der Waals surface area contributed by atoms with E-state index in [1.807, 2.05) is 0 Å². The Morgan fingerprint density at radius 3 is 2.67 bits per heavy atom. The molecule has 0 radical (unpaired) electrons. The molecule has 3 atom stereocenters. The van der Waals surface area contributed by atoms with Crippen molar-refractivity contribution in [2.24, 2.45) is 11.7 Å². The Morgan fingerprint density at radius 2 is 2.20 bits per heavy atom. The Morgan fingerprint density at radius 1 is 1.53 bits per heavy atom. The van der Waals surface area contributed by atoms with Crippen molar-refractivity contribution in [3.63, 3.8) is 0 Å². The average Bonchev–Trinajstić information content (AvgIpc) is 2.61. The second-order valence-electron chi connectivity index (χ2n) is 5.19. The third-order valence-electron chi connectivity index (χ3n) is 3.62. The molecule has 3 nitrogen and oxygen atoms in total. The van der Waals surface area contributed by atoms with Gasteiger partial charge in [-0.15, -0.1) is 0 Å². The monoisotopic (exact) mass is 215 g/mol. The van der Waals surface area contributed by atoms with Crippen molar-refractivity contribution >= 4 is 0 Å². The predicted molar refractivity (Wildman–Crippen MR) is 61.8 cm³/mol. The fourth-order valence-corrected chi connectivity index (χ4v) is 2.14. The molecule has 1 saturated heterocycles. The summed E-state index contributed by atoms with van der Waals surface area (Å²) in [4.78, 5) is 0. The molecule has 0 spiro atoms. The minimum absolute atomic E-state index is 0.0552. The van der Waals surface area contributed by atoms with Gasteiger partial charge in [-0.05, 0) is 40.0 Å². The van der Waals surface area contributed by atoms with Crippen LogP contribution in [0.2, 0.25) is 0 Å². The Bertz CT molecular complexity index is 194. The standard InChI is InChI=1S/C12H25NO2/c1-9-10(6-8-15-9)11(13)5-7-12(2,3)14-4/h9-11H,5-8,13H2,1-4H3. The molecule has 15 heavy (non-hydrogen) atoms. The molecule has 0 saturated carbocycles. The van der Waals surface area contributed by atoms with E-state index in [0.717, 1.165) is 25.9 Å². The SMILES string of the molecule is COC(C)(C)CCC(N)C1CCOC1C. The summed E-state index contributed by atoms with van der Waals surface area (Å²) < 4.78 is 10.9. The highest BCUT2D eigenvalue weighted by Gasteiger charge is 2.30. The average molecular weight is 215 g/mol. The number of hydrogen-bond acceptors (Lipinski definition) is 3. The lowest BCUT2D eigenvalue weighted by atomic mass is 9.88. The Kier molecular flexibility index (Phi) is 4.56. The number of ether oxygens (including phenoxy) is 2. The first kappa shape index (κ1) is 12.9. The number of methoxy groups -OCH3 is 1. The van der Waals surface area contributed by atoms with E-state index in [1.165, 1.54) is 0 Å². The zero-order valence-corrected chi connectivity index (χ0v) is 10.5. The number of hydrogen-bond donors (Lipinski definition) is 1. The quantitative estimate of drug-likeness (QED) is 0.762. The van der Waals surface area contributed by atoms with Crippen LogP contribution >= 0.6 is 0 Å². The maximum absolute atomic E-state index is 6.20. The molecular weight excluding hydrogens is 190 g/mol. The normalized spacial score (nSPS) is 29.4. The number of nitrogens with two attached hydrogens (primary N) is 1. The summed E-state index contributed by atoms with van der Waals surface area (Å²) >= 11 is 0. The molecule has 0 aliphatic carbocycles. The lowest BCUT2D eigenvalue weighted by molar-refractivity contribution is 0.00990. The Hall–Kier alpha value is -0.120. The van der Waals surface area contributed by atoms with Crippen LogP contribution in [0.3, 0.4) is 0 Å². The van der Waals surface area contributed by atoms with Crippen molar-refractivity contribution in [3.8, 4) is 0 Å². The highest BCUT2D eigenvalue weighted by molar-refractivity contribution is 4.83. The lowest BCUT2D eigenvalue weighted by Crippen LogP contribution is -2.36. The first-order chi connectivity index (χ1) is 6.96. The van der Waals surface area contributed by atoms with Crippen LogP contribution in [0.1, 0.15) is 40.0 Å². The molecule has 90 valence electrons. The van der Waals surface area contributed by atoms with Gasteiger partial charge >= 0.3 is 0 Å². The smallest absolute Gasteiger partial charge is 0.0623 e. The van der Waals surface area contributed by atoms with Crippen molar-refractivity contribution in [2.45, 2.75) is 57.8 Å². The van der Waals surface area contributed by atoms with E-state index >= 15 is 0 Å². The molecule has 0 aromatic rings. The molecule has 0 amide bonds. The van der Waals surface area contributed by atoms with E-state index in [0.29, 0.717) is 12.0 Å². The Balaban J connectivity index is 2.32. The van der Waals surface area contributed by atoms with Gasteiger partial charge in [0.2, 0.25) is 0 Å². The fraction of sp³-hybridized carbons (Fsp3) is 1.00. The minimum Gasteiger partial charge on any atom is -0.379 e. The van der Waals surface area contributed by atoms with Crippen molar-refractivity contribution in [1.82, 2.24) is 0 Å². The molecule has 1 aliphatic rings. The van der Waals surface area contributed by atoms with Crippen LogP contribution in [-0.4, -0.2) is 31.5 Å². The zero-order chi connectivity index (χ0) is 11.5. The lowest BCUT2D eigenvalue weighted by Gasteiger charge is -2.27. The molecule has 0 aromatic heterocycles. The first-order valence-corrected chi connectivity index (χ1v) is 5.88. The highest BCUT2D eigenvalue weighted by atomic mass is 16.5. The van der Waals surface area contributed by atoms with E-state index in [9.17, 15) is 0 Å². The molecule has 1 fully saturated rings. The van der Waals surface area contributed by atoms with Crippen LogP contribution in [0.5, 0.6) is 0 Å². The molecule has 2 N–H and O–H groups in total. The van der Waals surface area contributed by atoms with Crippen molar-refractivity contribution in [3.05, 3.63) is 0 Å². The third kappa shape index (κ3) is 3.74. The van der Waals surface area contributed by atoms with Crippen LogP contribution in [0, 0.1) is 5.92 Å². The van der Waals surface area contributed by atoms with Gasteiger partial charge in [0.15, 0.2) is 0 Å². The van der Waals surface area contributed by atoms with Crippen LogP contribution in [0.25, 0.3) is 0 Å². The second kappa shape index (κ2) is 5.28. The fourth-order valence-electron chi connectivity index (χ4n) is 2.14. The van der Waals surface area contributed by atoms with E-state index in [-0.39, 0.29) is 11.6 Å². The van der Waals surface area contributed by atoms with Crippen LogP contribution in [0.15, 0.2) is 0 Å². The van der Waals surface area contributed by atoms with E-state index in [1.54, 1.807) is 7.11 Å². The van der Waals surface area contributed by atoms with Gasteiger partial charge in [-0.2, -0.15) is 0 Å². The van der Waals surface area contributed by atoms with Gasteiger partial charge in [-0.3, -0.25) is 0 Å².